The Hall–Kier alpha value is -3.79. The first-order chi connectivity index (χ1) is 18.7. The second-order valence-corrected chi connectivity index (χ2v) is 10.6. The molecule has 2 aromatic heterocycles. The number of hydrogen-bond donors (Lipinski definition) is 1. The van der Waals surface area contributed by atoms with Gasteiger partial charge in [-0.1, -0.05) is 87.2 Å². The fourth-order valence-electron chi connectivity index (χ4n) is 4.84. The van der Waals surface area contributed by atoms with E-state index in [9.17, 15) is 4.79 Å². The third-order valence-electron chi connectivity index (χ3n) is 7.49. The van der Waals surface area contributed by atoms with Crippen LogP contribution in [0.25, 0.3) is 44.0 Å². The number of phenolic OH excluding ortho intramolecular Hbond substituents is 1. The van der Waals surface area contributed by atoms with Crippen LogP contribution in [0.1, 0.15) is 55.6 Å². The van der Waals surface area contributed by atoms with E-state index in [4.69, 9.17) is 14.5 Å². The fraction of sp³-hybridized carbons (Fsp3) is 0.200. The number of Topliss-reactive ketones (excluding diaryl/α,β-unsaturated/α-hetero) is 1. The third-order valence-corrected chi connectivity index (χ3v) is 7.49. The minimum atomic E-state index is -0.113. The van der Waals surface area contributed by atoms with Gasteiger partial charge in [-0.3, -0.25) is 4.79 Å². The summed E-state index contributed by atoms with van der Waals surface area (Å²) in [4.78, 5) is 15.5. The van der Waals surface area contributed by atoms with Crippen LogP contribution in [0.5, 0.6) is 5.75 Å². The summed E-state index contributed by atoms with van der Waals surface area (Å²) in [7, 11) is 0. The number of carbonyl (C=O) groups is 1. The second-order valence-electron chi connectivity index (χ2n) is 10.6. The molecule has 0 amide bonds. The molecule has 0 aliphatic rings. The SMILES string of the molecule is CC(=O)c1ccccc1O.CCC(C)(C)c1ccc2c(-c3[c-]c(C)cc4c3oc3ccccc34)nccc2c1.[Ir]. The van der Waals surface area contributed by atoms with Gasteiger partial charge in [0.05, 0.1) is 11.1 Å². The molecule has 0 aliphatic heterocycles. The largest absolute Gasteiger partial charge is 0.507 e. The average Bonchev–Trinajstić information content (AvgIpc) is 3.31. The van der Waals surface area contributed by atoms with Crippen LogP contribution in [0, 0.1) is 13.0 Å². The number of rotatable bonds is 4. The molecule has 0 aliphatic carbocycles. The van der Waals surface area contributed by atoms with Gasteiger partial charge in [0, 0.05) is 31.7 Å². The molecule has 0 saturated carbocycles. The minimum Gasteiger partial charge on any atom is -0.507 e. The van der Waals surface area contributed by atoms with Gasteiger partial charge in [-0.05, 0) is 65.1 Å². The standard InChI is InChI=1S/C27H24NO.C8H8O2.Ir/c1-5-27(3,4)19-10-11-20-18(16-19)12-13-28-25(20)23-15-17(2)14-22-21-8-6-7-9-24(21)29-26(22)23;1-6(9)7-4-2-3-5-8(7)10;/h6-14,16H,5H2,1-4H3;2-5,10H,1H3;/q-1;;. The summed E-state index contributed by atoms with van der Waals surface area (Å²) in [5.41, 5.74) is 6.58. The number of pyridine rings is 1. The number of nitrogens with zero attached hydrogens (tertiary/aromatic N) is 1. The van der Waals surface area contributed by atoms with Gasteiger partial charge in [0.25, 0.3) is 0 Å². The van der Waals surface area contributed by atoms with E-state index >= 15 is 0 Å². The number of furan rings is 1. The Bertz CT molecular complexity index is 1830. The van der Waals surface area contributed by atoms with Crippen LogP contribution in [-0.4, -0.2) is 15.9 Å². The van der Waals surface area contributed by atoms with Crippen LogP contribution in [0.4, 0.5) is 0 Å². The summed E-state index contributed by atoms with van der Waals surface area (Å²) in [6.45, 7) is 10.3. The van der Waals surface area contributed by atoms with Crippen LogP contribution in [0.2, 0.25) is 0 Å². The normalized spacial score (nSPS) is 11.2. The van der Waals surface area contributed by atoms with Gasteiger partial charge in [0.2, 0.25) is 0 Å². The topological polar surface area (TPSA) is 63.3 Å². The van der Waals surface area contributed by atoms with Crippen molar-refractivity contribution >= 4 is 38.5 Å². The van der Waals surface area contributed by atoms with E-state index in [0.29, 0.717) is 5.56 Å². The molecule has 4 aromatic carbocycles. The summed E-state index contributed by atoms with van der Waals surface area (Å²) in [6, 6.07) is 29.2. The molecule has 6 aromatic rings. The molecule has 0 bridgehead atoms. The Morgan fingerprint density at radius 2 is 1.68 bits per heavy atom. The maximum Gasteiger partial charge on any atom is 0.163 e. The van der Waals surface area contributed by atoms with Crippen molar-refractivity contribution in [1.29, 1.82) is 0 Å². The van der Waals surface area contributed by atoms with Gasteiger partial charge >= 0.3 is 0 Å². The quantitative estimate of drug-likeness (QED) is 0.147. The van der Waals surface area contributed by atoms with Crippen molar-refractivity contribution < 1.29 is 34.4 Å². The summed E-state index contributed by atoms with van der Waals surface area (Å²) in [6.07, 6.45) is 2.99. The van der Waals surface area contributed by atoms with Crippen molar-refractivity contribution in [3.63, 3.8) is 0 Å². The van der Waals surface area contributed by atoms with Gasteiger partial charge in [-0.2, -0.15) is 0 Å². The molecular weight excluding hydrogens is 675 g/mol. The van der Waals surface area contributed by atoms with Crippen LogP contribution >= 0.6 is 0 Å². The molecule has 6 rings (SSSR count). The van der Waals surface area contributed by atoms with Crippen LogP contribution < -0.4 is 0 Å². The van der Waals surface area contributed by atoms with Crippen molar-refractivity contribution in [2.75, 3.05) is 0 Å². The third kappa shape index (κ3) is 5.58. The summed E-state index contributed by atoms with van der Waals surface area (Å²) in [5, 5.41) is 13.6. The van der Waals surface area contributed by atoms with Crippen molar-refractivity contribution in [2.24, 2.45) is 0 Å². The number of para-hydroxylation sites is 2. The predicted octanol–water partition coefficient (Wildman–Crippen LogP) is 9.19. The van der Waals surface area contributed by atoms with Crippen molar-refractivity contribution in [3.05, 3.63) is 108 Å². The van der Waals surface area contributed by atoms with E-state index in [1.807, 2.05) is 18.3 Å². The maximum absolute atomic E-state index is 10.7. The summed E-state index contributed by atoms with van der Waals surface area (Å²) >= 11 is 0. The van der Waals surface area contributed by atoms with Crippen molar-refractivity contribution in [2.45, 2.75) is 46.5 Å². The number of aromatic nitrogens is 1. The zero-order valence-corrected chi connectivity index (χ0v) is 25.7. The second kappa shape index (κ2) is 11.8. The van der Waals surface area contributed by atoms with E-state index < -0.39 is 0 Å². The monoisotopic (exact) mass is 707 g/mol. The molecule has 40 heavy (non-hydrogen) atoms. The van der Waals surface area contributed by atoms with E-state index in [1.54, 1.807) is 18.2 Å². The van der Waals surface area contributed by atoms with Gasteiger partial charge in [0.15, 0.2) is 5.78 Å². The Labute approximate surface area is 248 Å². The number of aromatic hydroxyl groups is 1. The first-order valence-electron chi connectivity index (χ1n) is 13.2. The van der Waals surface area contributed by atoms with Crippen molar-refractivity contribution in [3.8, 4) is 17.0 Å². The molecule has 1 radical (unpaired) electrons. The van der Waals surface area contributed by atoms with Crippen LogP contribution in [0.15, 0.2) is 89.5 Å². The molecule has 0 spiro atoms. The fourth-order valence-corrected chi connectivity index (χ4v) is 4.84. The first-order valence-corrected chi connectivity index (χ1v) is 13.2. The van der Waals surface area contributed by atoms with Crippen molar-refractivity contribution in [1.82, 2.24) is 4.98 Å². The molecule has 205 valence electrons. The number of carbonyl (C=O) groups excluding carboxylic acids is 1. The number of phenols is 1. The molecule has 1 N–H and O–H groups in total. The Morgan fingerprint density at radius 1 is 0.950 bits per heavy atom. The number of hydrogen-bond acceptors (Lipinski definition) is 4. The summed E-state index contributed by atoms with van der Waals surface area (Å²) in [5.74, 6) is -0.0619. The average molecular weight is 707 g/mol. The van der Waals surface area contributed by atoms with Gasteiger partial charge in [-0.25, -0.2) is 0 Å². The maximum atomic E-state index is 10.7. The Balaban J connectivity index is 0.000000287. The number of fused-ring (bicyclic) bond motifs is 4. The molecule has 0 atom stereocenters. The molecule has 0 fully saturated rings. The molecular formula is C35H32IrNO3-. The Kier molecular flexibility index (Phi) is 8.58. The smallest absolute Gasteiger partial charge is 0.163 e. The number of ketones is 1. The van der Waals surface area contributed by atoms with Gasteiger partial charge in [-0.15, -0.1) is 17.7 Å². The number of aryl methyl sites for hydroxylation is 1. The molecule has 5 heteroatoms. The van der Waals surface area contributed by atoms with Crippen LogP contribution in [0.3, 0.4) is 0 Å². The van der Waals surface area contributed by atoms with E-state index in [1.165, 1.54) is 23.9 Å². The minimum absolute atomic E-state index is 0. The molecule has 2 heterocycles. The Morgan fingerprint density at radius 3 is 2.38 bits per heavy atom. The first kappa shape index (κ1) is 29.2. The van der Waals surface area contributed by atoms with E-state index in [2.05, 4.69) is 76.2 Å². The van der Waals surface area contributed by atoms with Crippen LogP contribution in [-0.2, 0) is 25.5 Å². The van der Waals surface area contributed by atoms with Gasteiger partial charge < -0.3 is 14.5 Å². The van der Waals surface area contributed by atoms with E-state index in [0.717, 1.165) is 50.6 Å². The molecule has 4 nitrogen and oxygen atoms in total. The molecule has 0 saturated heterocycles. The number of benzene rings is 4. The zero-order chi connectivity index (χ0) is 27.7. The summed E-state index contributed by atoms with van der Waals surface area (Å²) < 4.78 is 6.27. The molecule has 0 unspecified atom stereocenters. The zero-order valence-electron chi connectivity index (χ0n) is 23.3. The van der Waals surface area contributed by atoms with E-state index in [-0.39, 0.29) is 37.1 Å². The van der Waals surface area contributed by atoms with Gasteiger partial charge in [0.1, 0.15) is 11.3 Å². The predicted molar refractivity (Wildman–Crippen MR) is 159 cm³/mol.